The average molecular weight is 295 g/mol. The molecule has 21 heavy (non-hydrogen) atoms. The minimum absolute atomic E-state index is 0.169. The monoisotopic (exact) mass is 295 g/mol. The maximum Gasteiger partial charge on any atom is 0.257 e. The third-order valence-corrected chi connectivity index (χ3v) is 3.85. The summed E-state index contributed by atoms with van der Waals surface area (Å²) < 4.78 is 0. The maximum absolute atomic E-state index is 12.0. The van der Waals surface area contributed by atoms with Crippen molar-refractivity contribution in [3.63, 3.8) is 0 Å². The second-order valence-electron chi connectivity index (χ2n) is 4.48. The number of anilines is 1. The summed E-state index contributed by atoms with van der Waals surface area (Å²) in [5.41, 5.74) is 1.80. The van der Waals surface area contributed by atoms with Gasteiger partial charge in [-0.25, -0.2) is 4.98 Å². The molecule has 5 heteroatoms. The second kappa shape index (κ2) is 6.28. The summed E-state index contributed by atoms with van der Waals surface area (Å²) in [6, 6.07) is 13.5. The highest BCUT2D eigenvalue weighted by atomic mass is 32.1. The number of amides is 1. The van der Waals surface area contributed by atoms with Crippen molar-refractivity contribution in [3.8, 4) is 0 Å². The zero-order chi connectivity index (χ0) is 14.5. The van der Waals surface area contributed by atoms with Crippen LogP contribution in [0, 0.1) is 0 Å². The number of hydrogen-bond donors (Lipinski definition) is 1. The molecule has 0 saturated heterocycles. The van der Waals surface area contributed by atoms with Crippen LogP contribution >= 0.6 is 11.3 Å². The van der Waals surface area contributed by atoms with Crippen molar-refractivity contribution in [2.45, 2.75) is 6.42 Å². The minimum atomic E-state index is -0.169. The predicted molar refractivity (Wildman–Crippen MR) is 83.6 cm³/mol. The lowest BCUT2D eigenvalue weighted by Crippen LogP contribution is -2.11. The molecule has 0 atom stereocenters. The Labute approximate surface area is 126 Å². The minimum Gasteiger partial charge on any atom is -0.298 e. The van der Waals surface area contributed by atoms with E-state index in [2.05, 4.69) is 27.4 Å². The van der Waals surface area contributed by atoms with Crippen molar-refractivity contribution in [2.24, 2.45) is 0 Å². The number of carbonyl (C=O) groups excluding carboxylic acids is 1. The summed E-state index contributed by atoms with van der Waals surface area (Å²) in [5.74, 6) is -0.169. The van der Waals surface area contributed by atoms with Gasteiger partial charge >= 0.3 is 0 Å². The summed E-state index contributed by atoms with van der Waals surface area (Å²) in [5, 5.41) is 3.42. The van der Waals surface area contributed by atoms with Crippen LogP contribution in [0.1, 0.15) is 20.8 Å². The molecule has 0 radical (unpaired) electrons. The molecule has 3 rings (SSSR count). The fourth-order valence-corrected chi connectivity index (χ4v) is 2.76. The lowest BCUT2D eigenvalue weighted by atomic mass is 10.1. The largest absolute Gasteiger partial charge is 0.298 e. The van der Waals surface area contributed by atoms with Gasteiger partial charge in [0, 0.05) is 35.5 Å². The van der Waals surface area contributed by atoms with Crippen LogP contribution in [0.15, 0.2) is 61.1 Å². The van der Waals surface area contributed by atoms with Crippen molar-refractivity contribution in [1.29, 1.82) is 0 Å². The van der Waals surface area contributed by atoms with E-state index < -0.39 is 0 Å². The molecule has 0 bridgehead atoms. The van der Waals surface area contributed by atoms with E-state index in [1.54, 1.807) is 30.7 Å². The van der Waals surface area contributed by atoms with Gasteiger partial charge in [0.05, 0.1) is 0 Å². The van der Waals surface area contributed by atoms with E-state index >= 15 is 0 Å². The van der Waals surface area contributed by atoms with Gasteiger partial charge in [-0.05, 0) is 17.7 Å². The number of nitrogens with zero attached hydrogens (tertiary/aromatic N) is 2. The molecule has 4 nitrogen and oxygen atoms in total. The van der Waals surface area contributed by atoms with Crippen LogP contribution < -0.4 is 5.32 Å². The maximum atomic E-state index is 12.0. The first-order chi connectivity index (χ1) is 10.3. The number of thiazole rings is 1. The van der Waals surface area contributed by atoms with E-state index in [9.17, 15) is 4.79 Å². The molecule has 0 aliphatic heterocycles. The number of pyridine rings is 1. The molecule has 2 aromatic heterocycles. The summed E-state index contributed by atoms with van der Waals surface area (Å²) >= 11 is 1.49. The summed E-state index contributed by atoms with van der Waals surface area (Å²) in [7, 11) is 0. The van der Waals surface area contributed by atoms with Gasteiger partial charge in [0.2, 0.25) is 0 Å². The van der Waals surface area contributed by atoms with Gasteiger partial charge in [-0.15, -0.1) is 11.3 Å². The third-order valence-electron chi connectivity index (χ3n) is 2.94. The quantitative estimate of drug-likeness (QED) is 0.802. The van der Waals surface area contributed by atoms with Gasteiger partial charge < -0.3 is 0 Å². The van der Waals surface area contributed by atoms with Crippen LogP contribution in [0.2, 0.25) is 0 Å². The van der Waals surface area contributed by atoms with E-state index in [0.717, 1.165) is 11.3 Å². The highest BCUT2D eigenvalue weighted by Gasteiger charge is 2.09. The highest BCUT2D eigenvalue weighted by Crippen LogP contribution is 2.21. The van der Waals surface area contributed by atoms with Crippen LogP contribution in [-0.4, -0.2) is 15.9 Å². The molecule has 0 fully saturated rings. The molecule has 0 aliphatic carbocycles. The molecular formula is C16H13N3OS. The van der Waals surface area contributed by atoms with E-state index in [4.69, 9.17) is 0 Å². The zero-order valence-corrected chi connectivity index (χ0v) is 12.0. The predicted octanol–water partition coefficient (Wildman–Crippen LogP) is 3.38. The van der Waals surface area contributed by atoms with Crippen LogP contribution in [0.5, 0.6) is 0 Å². The van der Waals surface area contributed by atoms with Crippen molar-refractivity contribution in [1.82, 2.24) is 9.97 Å². The number of rotatable bonds is 4. The van der Waals surface area contributed by atoms with E-state index in [0.29, 0.717) is 10.7 Å². The fourth-order valence-electron chi connectivity index (χ4n) is 1.92. The van der Waals surface area contributed by atoms with Crippen molar-refractivity contribution in [3.05, 3.63) is 77.1 Å². The van der Waals surface area contributed by atoms with Crippen LogP contribution in [-0.2, 0) is 6.42 Å². The number of hydrogen-bond acceptors (Lipinski definition) is 4. The van der Waals surface area contributed by atoms with E-state index in [1.807, 2.05) is 18.2 Å². The lowest BCUT2D eigenvalue weighted by Gasteiger charge is -2.00. The van der Waals surface area contributed by atoms with E-state index in [-0.39, 0.29) is 5.91 Å². The van der Waals surface area contributed by atoms with Crippen molar-refractivity contribution >= 4 is 22.4 Å². The summed E-state index contributed by atoms with van der Waals surface area (Å²) in [6.45, 7) is 0. The number of carbonyl (C=O) groups is 1. The zero-order valence-electron chi connectivity index (χ0n) is 11.2. The molecule has 0 saturated carbocycles. The average Bonchev–Trinajstić information content (AvgIpc) is 2.96. The van der Waals surface area contributed by atoms with Crippen LogP contribution in [0.3, 0.4) is 0 Å². The Morgan fingerprint density at radius 3 is 2.62 bits per heavy atom. The molecule has 0 unspecified atom stereocenters. The third kappa shape index (κ3) is 3.52. The molecule has 1 N–H and O–H groups in total. The molecule has 2 heterocycles. The second-order valence-corrected chi connectivity index (χ2v) is 5.60. The van der Waals surface area contributed by atoms with E-state index in [1.165, 1.54) is 16.9 Å². The van der Waals surface area contributed by atoms with Crippen LogP contribution in [0.4, 0.5) is 5.13 Å². The molecule has 1 aromatic carbocycles. The summed E-state index contributed by atoms with van der Waals surface area (Å²) in [4.78, 5) is 21.3. The Morgan fingerprint density at radius 2 is 1.86 bits per heavy atom. The first kappa shape index (κ1) is 13.5. The fraction of sp³-hybridized carbons (Fsp3) is 0.0625. The molecule has 0 aliphatic rings. The smallest absolute Gasteiger partial charge is 0.257 e. The topological polar surface area (TPSA) is 54.9 Å². The van der Waals surface area contributed by atoms with Gasteiger partial charge in [-0.3, -0.25) is 15.1 Å². The van der Waals surface area contributed by atoms with Crippen molar-refractivity contribution < 1.29 is 4.79 Å². The standard InChI is InChI=1S/C16H13N3OS/c20-15(13-6-8-17-9-7-13)19-16-18-11-14(21-16)10-12-4-2-1-3-5-12/h1-9,11H,10H2,(H,18,19,20). The highest BCUT2D eigenvalue weighted by molar-refractivity contribution is 7.15. The number of nitrogens with one attached hydrogen (secondary N) is 1. The Balaban J connectivity index is 1.67. The lowest BCUT2D eigenvalue weighted by molar-refractivity contribution is 0.102. The summed E-state index contributed by atoms with van der Waals surface area (Å²) in [6.07, 6.45) is 5.82. The Hall–Kier alpha value is -2.53. The SMILES string of the molecule is O=C(Nc1ncc(Cc2ccccc2)s1)c1ccncc1. The molecule has 1 amide bonds. The van der Waals surface area contributed by atoms with Gasteiger partial charge in [0.15, 0.2) is 5.13 Å². The van der Waals surface area contributed by atoms with Gasteiger partial charge in [-0.1, -0.05) is 30.3 Å². The first-order valence-electron chi connectivity index (χ1n) is 6.51. The molecule has 3 aromatic rings. The molecule has 104 valence electrons. The Morgan fingerprint density at radius 1 is 1.10 bits per heavy atom. The Bertz CT molecular complexity index is 726. The van der Waals surface area contributed by atoms with Crippen LogP contribution in [0.25, 0.3) is 0 Å². The number of benzene rings is 1. The molecular weight excluding hydrogens is 282 g/mol. The van der Waals surface area contributed by atoms with Gasteiger partial charge in [-0.2, -0.15) is 0 Å². The first-order valence-corrected chi connectivity index (χ1v) is 7.33. The van der Waals surface area contributed by atoms with Gasteiger partial charge in [0.25, 0.3) is 5.91 Å². The normalized spacial score (nSPS) is 10.3. The van der Waals surface area contributed by atoms with Crippen molar-refractivity contribution in [2.75, 3.05) is 5.32 Å². The Kier molecular flexibility index (Phi) is 4.02. The van der Waals surface area contributed by atoms with Gasteiger partial charge in [0.1, 0.15) is 0 Å². The number of aromatic nitrogens is 2. The molecule has 0 spiro atoms.